The molecule has 0 aromatic heterocycles. The lowest BCUT2D eigenvalue weighted by Crippen LogP contribution is -2.13. The Bertz CT molecular complexity index is 712. The number of benzene rings is 2. The van der Waals surface area contributed by atoms with Gasteiger partial charge in [-0.15, -0.1) is 0 Å². The fraction of sp³-hybridized carbons (Fsp3) is 0.143. The lowest BCUT2D eigenvalue weighted by molar-refractivity contribution is 0.385. The molecule has 20 heavy (non-hydrogen) atoms. The summed E-state index contributed by atoms with van der Waals surface area (Å²) in [5, 5.41) is 0. The van der Waals surface area contributed by atoms with E-state index in [4.69, 9.17) is 4.74 Å². The SMILES string of the molecule is COc1ccc(S(=O)(=O)Nc2ccc(C)cc2)cc1F. The maximum atomic E-state index is 13.6. The van der Waals surface area contributed by atoms with Gasteiger partial charge in [-0.2, -0.15) is 0 Å². The molecule has 106 valence electrons. The molecule has 0 fully saturated rings. The van der Waals surface area contributed by atoms with Crippen molar-refractivity contribution < 1.29 is 17.5 Å². The normalized spacial score (nSPS) is 11.2. The molecule has 0 saturated heterocycles. The summed E-state index contributed by atoms with van der Waals surface area (Å²) in [6, 6.07) is 10.4. The second-order valence-corrected chi connectivity index (χ2v) is 5.95. The molecule has 0 aliphatic rings. The van der Waals surface area contributed by atoms with E-state index in [0.29, 0.717) is 5.69 Å². The molecule has 0 aliphatic carbocycles. The van der Waals surface area contributed by atoms with Gasteiger partial charge in [0.15, 0.2) is 11.6 Å². The van der Waals surface area contributed by atoms with E-state index in [1.54, 1.807) is 24.3 Å². The summed E-state index contributed by atoms with van der Waals surface area (Å²) in [5.74, 6) is -0.724. The Balaban J connectivity index is 2.30. The van der Waals surface area contributed by atoms with Crippen molar-refractivity contribution in [1.29, 1.82) is 0 Å². The third-order valence-corrected chi connectivity index (χ3v) is 4.12. The number of halogens is 1. The molecule has 2 aromatic carbocycles. The Morgan fingerprint density at radius 2 is 1.75 bits per heavy atom. The molecule has 0 spiro atoms. The minimum Gasteiger partial charge on any atom is -0.494 e. The Hall–Kier alpha value is -2.08. The van der Waals surface area contributed by atoms with Crippen molar-refractivity contribution in [3.8, 4) is 5.75 Å². The number of rotatable bonds is 4. The first-order valence-electron chi connectivity index (χ1n) is 5.85. The standard InChI is InChI=1S/C14H14FNO3S/c1-10-3-5-11(6-4-10)16-20(17,18)12-7-8-14(19-2)13(15)9-12/h3-9,16H,1-2H3. The highest BCUT2D eigenvalue weighted by Gasteiger charge is 2.16. The molecule has 0 bridgehead atoms. The third-order valence-electron chi connectivity index (χ3n) is 2.74. The number of nitrogens with one attached hydrogen (secondary N) is 1. The molecule has 2 aromatic rings. The van der Waals surface area contributed by atoms with Crippen LogP contribution in [0.5, 0.6) is 5.75 Å². The van der Waals surface area contributed by atoms with Crippen LogP contribution < -0.4 is 9.46 Å². The summed E-state index contributed by atoms with van der Waals surface area (Å²) in [7, 11) is -2.50. The lowest BCUT2D eigenvalue weighted by atomic mass is 10.2. The van der Waals surface area contributed by atoms with Crippen LogP contribution in [0.1, 0.15) is 5.56 Å². The van der Waals surface area contributed by atoms with Crippen LogP contribution in [0.3, 0.4) is 0 Å². The van der Waals surface area contributed by atoms with Crippen molar-refractivity contribution in [2.45, 2.75) is 11.8 Å². The number of ether oxygens (including phenoxy) is 1. The van der Waals surface area contributed by atoms with Gasteiger partial charge < -0.3 is 4.74 Å². The van der Waals surface area contributed by atoms with E-state index in [0.717, 1.165) is 11.6 Å². The van der Waals surface area contributed by atoms with Crippen molar-refractivity contribution in [3.63, 3.8) is 0 Å². The van der Waals surface area contributed by atoms with Crippen LogP contribution in [0.2, 0.25) is 0 Å². The van der Waals surface area contributed by atoms with Gasteiger partial charge in [0.2, 0.25) is 0 Å². The van der Waals surface area contributed by atoms with Crippen molar-refractivity contribution in [1.82, 2.24) is 0 Å². The first kappa shape index (κ1) is 14.3. The molecule has 0 atom stereocenters. The Morgan fingerprint density at radius 3 is 2.30 bits per heavy atom. The number of hydrogen-bond donors (Lipinski definition) is 1. The van der Waals surface area contributed by atoms with E-state index in [-0.39, 0.29) is 10.6 Å². The van der Waals surface area contributed by atoms with Gasteiger partial charge in [-0.05, 0) is 37.3 Å². The second-order valence-electron chi connectivity index (χ2n) is 4.27. The van der Waals surface area contributed by atoms with Gasteiger partial charge in [-0.3, -0.25) is 4.72 Å². The highest BCUT2D eigenvalue weighted by atomic mass is 32.2. The molecule has 0 aliphatic heterocycles. The van der Waals surface area contributed by atoms with Crippen LogP contribution in [-0.2, 0) is 10.0 Å². The van der Waals surface area contributed by atoms with Gasteiger partial charge in [0, 0.05) is 5.69 Å². The first-order chi connectivity index (χ1) is 9.42. The Morgan fingerprint density at radius 1 is 1.10 bits per heavy atom. The van der Waals surface area contributed by atoms with Gasteiger partial charge in [0.05, 0.1) is 12.0 Å². The molecule has 2 rings (SSSR count). The van der Waals surface area contributed by atoms with E-state index < -0.39 is 15.8 Å². The molecular weight excluding hydrogens is 281 g/mol. The van der Waals surface area contributed by atoms with E-state index >= 15 is 0 Å². The predicted molar refractivity (Wildman–Crippen MR) is 74.9 cm³/mol. The van der Waals surface area contributed by atoms with Crippen LogP contribution in [0.4, 0.5) is 10.1 Å². The smallest absolute Gasteiger partial charge is 0.262 e. The highest BCUT2D eigenvalue weighted by molar-refractivity contribution is 7.92. The van der Waals surface area contributed by atoms with Crippen LogP contribution in [-0.4, -0.2) is 15.5 Å². The molecule has 0 amide bonds. The number of anilines is 1. The largest absolute Gasteiger partial charge is 0.494 e. The van der Waals surface area contributed by atoms with Crippen LogP contribution in [0, 0.1) is 12.7 Å². The first-order valence-corrected chi connectivity index (χ1v) is 7.34. The van der Waals surface area contributed by atoms with Gasteiger partial charge in [-0.1, -0.05) is 17.7 Å². The van der Waals surface area contributed by atoms with Crippen molar-refractivity contribution in [2.75, 3.05) is 11.8 Å². The van der Waals surface area contributed by atoms with Gasteiger partial charge >= 0.3 is 0 Å². The predicted octanol–water partition coefficient (Wildman–Crippen LogP) is 2.94. The molecule has 4 nitrogen and oxygen atoms in total. The zero-order chi connectivity index (χ0) is 14.8. The molecule has 0 heterocycles. The highest BCUT2D eigenvalue weighted by Crippen LogP contribution is 2.22. The zero-order valence-corrected chi connectivity index (χ0v) is 11.9. The molecule has 1 N–H and O–H groups in total. The number of sulfonamides is 1. The van der Waals surface area contributed by atoms with Crippen molar-refractivity contribution in [3.05, 3.63) is 53.8 Å². The zero-order valence-electron chi connectivity index (χ0n) is 11.1. The summed E-state index contributed by atoms with van der Waals surface area (Å²) >= 11 is 0. The molecule has 6 heteroatoms. The minimum atomic E-state index is -3.82. The fourth-order valence-electron chi connectivity index (χ4n) is 1.65. The summed E-state index contributed by atoms with van der Waals surface area (Å²) in [4.78, 5) is -0.156. The van der Waals surface area contributed by atoms with E-state index in [1.807, 2.05) is 6.92 Å². The molecule has 0 unspecified atom stereocenters. The summed E-state index contributed by atoms with van der Waals surface area (Å²) in [6.07, 6.45) is 0. The molecular formula is C14H14FNO3S. The van der Waals surface area contributed by atoms with E-state index in [9.17, 15) is 12.8 Å². The quantitative estimate of drug-likeness (QED) is 0.943. The molecule has 0 saturated carbocycles. The number of aryl methyl sites for hydroxylation is 1. The van der Waals surface area contributed by atoms with Crippen LogP contribution in [0.15, 0.2) is 47.4 Å². The minimum absolute atomic E-state index is 0.000661. The second kappa shape index (κ2) is 5.50. The lowest BCUT2D eigenvalue weighted by Gasteiger charge is -2.09. The van der Waals surface area contributed by atoms with Gasteiger partial charge in [0.25, 0.3) is 10.0 Å². The van der Waals surface area contributed by atoms with E-state index in [1.165, 1.54) is 19.2 Å². The summed E-state index contributed by atoms with van der Waals surface area (Å²) < 4.78 is 44.9. The summed E-state index contributed by atoms with van der Waals surface area (Å²) in [5.41, 5.74) is 1.44. The monoisotopic (exact) mass is 295 g/mol. The maximum absolute atomic E-state index is 13.6. The number of methoxy groups -OCH3 is 1. The van der Waals surface area contributed by atoms with Gasteiger partial charge in [-0.25, -0.2) is 12.8 Å². The van der Waals surface area contributed by atoms with Crippen LogP contribution >= 0.6 is 0 Å². The average molecular weight is 295 g/mol. The van der Waals surface area contributed by atoms with E-state index in [2.05, 4.69) is 4.72 Å². The third kappa shape index (κ3) is 3.08. The topological polar surface area (TPSA) is 55.4 Å². The maximum Gasteiger partial charge on any atom is 0.262 e. The van der Waals surface area contributed by atoms with Crippen LogP contribution in [0.25, 0.3) is 0 Å². The fourth-order valence-corrected chi connectivity index (χ4v) is 2.72. The average Bonchev–Trinajstić information content (AvgIpc) is 2.41. The summed E-state index contributed by atoms with van der Waals surface area (Å²) in [6.45, 7) is 1.90. The Kier molecular flexibility index (Phi) is 3.94. The Labute approximate surface area is 117 Å². The number of hydrogen-bond acceptors (Lipinski definition) is 3. The molecule has 0 radical (unpaired) electrons. The van der Waals surface area contributed by atoms with Gasteiger partial charge in [0.1, 0.15) is 0 Å². The van der Waals surface area contributed by atoms with Crippen molar-refractivity contribution >= 4 is 15.7 Å². The van der Waals surface area contributed by atoms with Crippen molar-refractivity contribution in [2.24, 2.45) is 0 Å².